The van der Waals surface area contributed by atoms with Crippen LogP contribution in [0, 0.1) is 0 Å². The van der Waals surface area contributed by atoms with E-state index in [4.69, 9.17) is 4.55 Å². The van der Waals surface area contributed by atoms with Gasteiger partial charge in [0.05, 0.1) is 33.2 Å². The second-order valence-corrected chi connectivity index (χ2v) is 7.49. The van der Waals surface area contributed by atoms with Gasteiger partial charge >= 0.3 is 10.1 Å². The lowest BCUT2D eigenvalue weighted by Gasteiger charge is -2.33. The minimum absolute atomic E-state index is 0.00829. The molecule has 136 valence electrons. The SMILES string of the molecule is CCCCCC(=O)NCC[N+](C)(CCNC(C)=O)CS(=O)(=O)O. The maximum atomic E-state index is 11.6. The number of nitrogens with zero attached hydrogens (tertiary/aromatic N) is 1. The van der Waals surface area contributed by atoms with E-state index in [9.17, 15) is 18.0 Å². The summed E-state index contributed by atoms with van der Waals surface area (Å²) in [6.45, 7) is 4.74. The molecule has 0 aliphatic heterocycles. The lowest BCUT2D eigenvalue weighted by atomic mass is 10.2. The smallest absolute Gasteiger partial charge is 0.316 e. The van der Waals surface area contributed by atoms with Gasteiger partial charge in [0, 0.05) is 13.3 Å². The molecule has 1 unspecified atom stereocenters. The van der Waals surface area contributed by atoms with Crippen LogP contribution in [0.5, 0.6) is 0 Å². The minimum Gasteiger partial charge on any atom is -0.351 e. The summed E-state index contributed by atoms with van der Waals surface area (Å²) in [6.07, 6.45) is 3.34. The van der Waals surface area contributed by atoms with E-state index in [1.165, 1.54) is 6.92 Å². The molecule has 0 aromatic rings. The molecule has 1 atom stereocenters. The molecule has 0 radical (unpaired) electrons. The Morgan fingerprint density at radius 2 is 1.65 bits per heavy atom. The molecule has 0 aromatic carbocycles. The molecule has 0 spiro atoms. The zero-order chi connectivity index (χ0) is 17.9. The van der Waals surface area contributed by atoms with Crippen molar-refractivity contribution < 1.29 is 27.0 Å². The third kappa shape index (κ3) is 13.0. The van der Waals surface area contributed by atoms with Crippen molar-refractivity contribution in [1.29, 1.82) is 0 Å². The number of nitrogens with one attached hydrogen (secondary N) is 2. The van der Waals surface area contributed by atoms with Crippen molar-refractivity contribution in [1.82, 2.24) is 10.6 Å². The van der Waals surface area contributed by atoms with Crippen LogP contribution in [0.25, 0.3) is 0 Å². The number of carbonyl (C=O) groups is 2. The van der Waals surface area contributed by atoms with Crippen LogP contribution in [0.4, 0.5) is 0 Å². The van der Waals surface area contributed by atoms with Crippen molar-refractivity contribution in [3.8, 4) is 0 Å². The van der Waals surface area contributed by atoms with Gasteiger partial charge in [0.15, 0.2) is 0 Å². The third-order valence-electron chi connectivity index (χ3n) is 3.48. The second-order valence-electron chi connectivity index (χ2n) is 6.07. The Bertz CT molecular complexity index is 481. The molecule has 0 saturated heterocycles. The summed E-state index contributed by atoms with van der Waals surface area (Å²) < 4.78 is 31.5. The highest BCUT2D eigenvalue weighted by atomic mass is 32.2. The molecule has 9 heteroatoms. The quantitative estimate of drug-likeness (QED) is 0.262. The Hall–Kier alpha value is -1.19. The van der Waals surface area contributed by atoms with E-state index in [-0.39, 0.29) is 16.3 Å². The number of likely N-dealkylation sites (N-methyl/N-ethyl adjacent to an activating group) is 1. The largest absolute Gasteiger partial charge is 0.351 e. The molecule has 2 amide bonds. The molecule has 0 aliphatic rings. The van der Waals surface area contributed by atoms with Gasteiger partial charge in [-0.3, -0.25) is 14.1 Å². The number of quaternary nitrogens is 1. The minimum atomic E-state index is -4.15. The molecule has 0 fully saturated rings. The number of unbranched alkanes of at least 4 members (excludes halogenated alkanes) is 2. The van der Waals surface area contributed by atoms with Crippen LogP contribution < -0.4 is 10.6 Å². The zero-order valence-corrected chi connectivity index (χ0v) is 15.1. The second kappa shape index (κ2) is 10.6. The Labute approximate surface area is 139 Å². The van der Waals surface area contributed by atoms with Gasteiger partial charge in [0.1, 0.15) is 0 Å². The van der Waals surface area contributed by atoms with Crippen LogP contribution in [-0.4, -0.2) is 68.4 Å². The Balaban J connectivity index is 4.40. The van der Waals surface area contributed by atoms with Crippen LogP contribution in [-0.2, 0) is 19.7 Å². The maximum absolute atomic E-state index is 11.6. The number of rotatable bonds is 12. The average Bonchev–Trinajstić information content (AvgIpc) is 2.36. The highest BCUT2D eigenvalue weighted by Gasteiger charge is 2.27. The summed E-state index contributed by atoms with van der Waals surface area (Å²) in [7, 11) is -2.49. The van der Waals surface area contributed by atoms with Crippen molar-refractivity contribution >= 4 is 21.9 Å². The molecule has 0 bridgehead atoms. The standard InChI is InChI=1S/C14H29N3O5S/c1-4-5-6-7-14(19)16-9-11-17(3,12-23(20,21)22)10-8-15-13(2)18/h4-12H2,1-3H3,(H2-,15,16,18,19,20,21,22)/p+1. The highest BCUT2D eigenvalue weighted by molar-refractivity contribution is 7.85. The zero-order valence-electron chi connectivity index (χ0n) is 14.3. The first-order valence-corrected chi connectivity index (χ1v) is 9.49. The summed E-state index contributed by atoms with van der Waals surface area (Å²) in [6, 6.07) is 0. The molecule has 23 heavy (non-hydrogen) atoms. The van der Waals surface area contributed by atoms with Gasteiger partial charge in [-0.2, -0.15) is 8.42 Å². The maximum Gasteiger partial charge on any atom is 0.316 e. The first-order valence-electron chi connectivity index (χ1n) is 7.88. The summed E-state index contributed by atoms with van der Waals surface area (Å²) in [5.74, 6) is -0.718. The molecule has 0 heterocycles. The fourth-order valence-corrected chi connectivity index (χ4v) is 3.27. The number of carbonyl (C=O) groups excluding carboxylic acids is 2. The normalized spacial score (nSPS) is 14.1. The number of hydrogen-bond donors (Lipinski definition) is 3. The van der Waals surface area contributed by atoms with Crippen molar-refractivity contribution in [3.63, 3.8) is 0 Å². The summed E-state index contributed by atoms with van der Waals surface area (Å²) in [5, 5.41) is 5.37. The van der Waals surface area contributed by atoms with Crippen LogP contribution in [0.2, 0.25) is 0 Å². The molecule has 3 N–H and O–H groups in total. The van der Waals surface area contributed by atoms with Crippen molar-refractivity contribution in [2.24, 2.45) is 0 Å². The monoisotopic (exact) mass is 352 g/mol. The molecule has 0 aromatic heterocycles. The van der Waals surface area contributed by atoms with Crippen molar-refractivity contribution in [3.05, 3.63) is 0 Å². The van der Waals surface area contributed by atoms with E-state index in [1.807, 2.05) is 0 Å². The number of amides is 2. The van der Waals surface area contributed by atoms with Crippen molar-refractivity contribution in [2.75, 3.05) is 39.1 Å². The first kappa shape index (κ1) is 21.8. The lowest BCUT2D eigenvalue weighted by molar-refractivity contribution is -0.896. The van der Waals surface area contributed by atoms with E-state index < -0.39 is 16.0 Å². The fraction of sp³-hybridized carbons (Fsp3) is 0.857. The Kier molecular flexibility index (Phi) is 10.0. The van der Waals surface area contributed by atoms with Crippen LogP contribution in [0.3, 0.4) is 0 Å². The molecular formula is C14H30N3O5S+. The van der Waals surface area contributed by atoms with Crippen LogP contribution in [0.1, 0.15) is 39.5 Å². The topological polar surface area (TPSA) is 113 Å². The van der Waals surface area contributed by atoms with Gasteiger partial charge in [-0.1, -0.05) is 19.8 Å². The third-order valence-corrected chi connectivity index (χ3v) is 4.43. The lowest BCUT2D eigenvalue weighted by Crippen LogP contribution is -2.54. The Morgan fingerprint density at radius 1 is 1.09 bits per heavy atom. The molecule has 8 nitrogen and oxygen atoms in total. The first-order chi connectivity index (χ1) is 10.6. The predicted molar refractivity (Wildman–Crippen MR) is 88.2 cm³/mol. The van der Waals surface area contributed by atoms with E-state index >= 15 is 0 Å². The summed E-state index contributed by atoms with van der Waals surface area (Å²) >= 11 is 0. The molecule has 0 aliphatic carbocycles. The van der Waals surface area contributed by atoms with E-state index in [2.05, 4.69) is 17.6 Å². The predicted octanol–water partition coefficient (Wildman–Crippen LogP) is 0.111. The number of hydrogen-bond acceptors (Lipinski definition) is 4. The van der Waals surface area contributed by atoms with Gasteiger partial charge in [0.25, 0.3) is 0 Å². The van der Waals surface area contributed by atoms with Crippen LogP contribution >= 0.6 is 0 Å². The van der Waals surface area contributed by atoms with E-state index in [0.29, 0.717) is 32.6 Å². The summed E-state index contributed by atoms with van der Waals surface area (Å²) in [5.41, 5.74) is 0. The van der Waals surface area contributed by atoms with Gasteiger partial charge < -0.3 is 15.1 Å². The van der Waals surface area contributed by atoms with Gasteiger partial charge in [-0.25, -0.2) is 0 Å². The van der Waals surface area contributed by atoms with Gasteiger partial charge in [-0.05, 0) is 6.42 Å². The highest BCUT2D eigenvalue weighted by Crippen LogP contribution is 2.05. The van der Waals surface area contributed by atoms with E-state index in [1.54, 1.807) is 7.05 Å². The fourth-order valence-electron chi connectivity index (χ4n) is 2.23. The van der Waals surface area contributed by atoms with Crippen molar-refractivity contribution in [2.45, 2.75) is 39.5 Å². The van der Waals surface area contributed by atoms with Gasteiger partial charge in [-0.15, -0.1) is 0 Å². The summed E-state index contributed by atoms with van der Waals surface area (Å²) in [4.78, 5) is 22.6. The average molecular weight is 352 g/mol. The molecule has 0 rings (SSSR count). The molecular weight excluding hydrogens is 322 g/mol. The Morgan fingerprint density at radius 3 is 2.13 bits per heavy atom. The van der Waals surface area contributed by atoms with E-state index in [0.717, 1.165) is 19.3 Å². The van der Waals surface area contributed by atoms with Gasteiger partial charge in [0.2, 0.25) is 17.7 Å². The molecule has 0 saturated carbocycles. The van der Waals surface area contributed by atoms with Crippen LogP contribution in [0.15, 0.2) is 0 Å².